The topological polar surface area (TPSA) is 49.9 Å². The van der Waals surface area contributed by atoms with Crippen LogP contribution >= 0.6 is 0 Å². The molecule has 0 bridgehead atoms. The van der Waals surface area contributed by atoms with E-state index < -0.39 is 10.2 Å². The fraction of sp³-hybridized carbons (Fsp3) is 0.500. The van der Waals surface area contributed by atoms with Gasteiger partial charge in [-0.25, -0.2) is 0 Å². The van der Waals surface area contributed by atoms with Gasteiger partial charge in [-0.15, -0.1) is 0 Å². The number of methoxy groups -OCH3 is 1. The van der Waals surface area contributed by atoms with E-state index in [1.54, 1.807) is 14.2 Å². The Morgan fingerprint density at radius 3 is 2.22 bits per heavy atom. The van der Waals surface area contributed by atoms with Crippen molar-refractivity contribution in [2.45, 2.75) is 13.0 Å². The fourth-order valence-corrected chi connectivity index (χ4v) is 2.69. The van der Waals surface area contributed by atoms with Crippen molar-refractivity contribution in [3.63, 3.8) is 0 Å². The van der Waals surface area contributed by atoms with Crippen LogP contribution in [0, 0.1) is 0 Å². The van der Waals surface area contributed by atoms with Crippen molar-refractivity contribution >= 4 is 10.2 Å². The predicted molar refractivity (Wildman–Crippen MR) is 71.8 cm³/mol. The van der Waals surface area contributed by atoms with Crippen LogP contribution in [0.15, 0.2) is 24.3 Å². The zero-order valence-electron chi connectivity index (χ0n) is 11.4. The molecular formula is C12H20N2O3S. The highest BCUT2D eigenvalue weighted by molar-refractivity contribution is 7.86. The molecule has 0 saturated heterocycles. The van der Waals surface area contributed by atoms with E-state index in [1.807, 2.05) is 31.2 Å². The Kier molecular flexibility index (Phi) is 4.72. The minimum atomic E-state index is -3.44. The summed E-state index contributed by atoms with van der Waals surface area (Å²) in [4.78, 5) is 0. The third kappa shape index (κ3) is 2.82. The highest BCUT2D eigenvalue weighted by atomic mass is 32.2. The molecule has 0 aliphatic rings. The third-order valence-corrected chi connectivity index (χ3v) is 4.93. The number of benzene rings is 1. The summed E-state index contributed by atoms with van der Waals surface area (Å²) in [6.45, 7) is 1.83. The monoisotopic (exact) mass is 272 g/mol. The van der Waals surface area contributed by atoms with Gasteiger partial charge in [-0.2, -0.15) is 17.0 Å². The van der Waals surface area contributed by atoms with Crippen molar-refractivity contribution < 1.29 is 13.2 Å². The van der Waals surface area contributed by atoms with Crippen molar-refractivity contribution in [1.82, 2.24) is 8.61 Å². The summed E-state index contributed by atoms with van der Waals surface area (Å²) in [6, 6.07) is 7.11. The summed E-state index contributed by atoms with van der Waals surface area (Å²) in [5.74, 6) is 0.686. The molecule has 18 heavy (non-hydrogen) atoms. The molecule has 0 aromatic heterocycles. The Morgan fingerprint density at radius 2 is 1.72 bits per heavy atom. The van der Waals surface area contributed by atoms with Crippen LogP contribution in [0.3, 0.4) is 0 Å². The molecule has 0 N–H and O–H groups in total. The highest BCUT2D eigenvalue weighted by Crippen LogP contribution is 2.29. The molecule has 1 atom stereocenters. The van der Waals surface area contributed by atoms with Crippen molar-refractivity contribution in [1.29, 1.82) is 0 Å². The lowest BCUT2D eigenvalue weighted by atomic mass is 10.1. The van der Waals surface area contributed by atoms with Gasteiger partial charge in [0, 0.05) is 26.7 Å². The molecule has 0 amide bonds. The van der Waals surface area contributed by atoms with Gasteiger partial charge in [0.05, 0.1) is 13.2 Å². The van der Waals surface area contributed by atoms with Gasteiger partial charge in [0.1, 0.15) is 5.75 Å². The summed E-state index contributed by atoms with van der Waals surface area (Å²) >= 11 is 0. The Hall–Kier alpha value is -1.11. The summed E-state index contributed by atoms with van der Waals surface area (Å²) < 4.78 is 31.9. The molecule has 1 aromatic rings. The third-order valence-electron chi connectivity index (χ3n) is 2.96. The normalized spacial score (nSPS) is 13.9. The average molecular weight is 272 g/mol. The molecule has 0 radical (unpaired) electrons. The number of hydrogen-bond acceptors (Lipinski definition) is 3. The zero-order valence-corrected chi connectivity index (χ0v) is 12.2. The Morgan fingerprint density at radius 1 is 1.17 bits per heavy atom. The number of nitrogens with zero attached hydrogens (tertiary/aromatic N) is 2. The second kappa shape index (κ2) is 5.69. The molecular weight excluding hydrogens is 252 g/mol. The maximum atomic E-state index is 12.1. The summed E-state index contributed by atoms with van der Waals surface area (Å²) in [5.41, 5.74) is 0.841. The van der Waals surface area contributed by atoms with Crippen LogP contribution in [-0.4, -0.2) is 45.3 Å². The summed E-state index contributed by atoms with van der Waals surface area (Å²) in [6.07, 6.45) is 0. The molecule has 0 unspecified atom stereocenters. The van der Waals surface area contributed by atoms with Crippen LogP contribution in [0.4, 0.5) is 0 Å². The molecule has 0 saturated carbocycles. The van der Waals surface area contributed by atoms with E-state index in [0.717, 1.165) is 5.56 Å². The Balaban J connectivity index is 3.11. The Bertz CT molecular complexity index is 500. The minimum Gasteiger partial charge on any atom is -0.496 e. The smallest absolute Gasteiger partial charge is 0.281 e. The molecule has 102 valence electrons. The van der Waals surface area contributed by atoms with E-state index in [2.05, 4.69) is 0 Å². The van der Waals surface area contributed by atoms with Crippen LogP contribution in [0.5, 0.6) is 5.75 Å². The van der Waals surface area contributed by atoms with Crippen molar-refractivity contribution in [2.24, 2.45) is 0 Å². The lowest BCUT2D eigenvalue weighted by Crippen LogP contribution is -2.38. The first-order valence-corrected chi connectivity index (χ1v) is 7.00. The van der Waals surface area contributed by atoms with Gasteiger partial charge in [0.25, 0.3) is 10.2 Å². The van der Waals surface area contributed by atoms with E-state index in [9.17, 15) is 8.42 Å². The van der Waals surface area contributed by atoms with E-state index in [1.165, 1.54) is 22.7 Å². The lowest BCUT2D eigenvalue weighted by molar-refractivity contribution is 0.347. The molecule has 0 aliphatic carbocycles. The predicted octanol–water partition coefficient (Wildman–Crippen LogP) is 1.49. The first kappa shape index (κ1) is 14.9. The molecule has 0 spiro atoms. The molecule has 6 heteroatoms. The SMILES string of the molecule is COc1ccccc1[C@H](C)N(C)S(=O)(=O)N(C)C. The molecule has 0 fully saturated rings. The number of ether oxygens (including phenoxy) is 1. The van der Waals surface area contributed by atoms with Crippen LogP contribution in [0.25, 0.3) is 0 Å². The number of rotatable bonds is 5. The minimum absolute atomic E-state index is 0.298. The van der Waals surface area contributed by atoms with Crippen LogP contribution in [0.1, 0.15) is 18.5 Å². The van der Waals surface area contributed by atoms with Gasteiger partial charge in [0.2, 0.25) is 0 Å². The molecule has 0 heterocycles. The molecule has 1 rings (SSSR count). The Labute approximate surface area is 109 Å². The zero-order chi connectivity index (χ0) is 13.9. The van der Waals surface area contributed by atoms with Crippen molar-refractivity contribution in [3.8, 4) is 5.75 Å². The maximum absolute atomic E-state index is 12.1. The van der Waals surface area contributed by atoms with Crippen molar-refractivity contribution in [3.05, 3.63) is 29.8 Å². The molecule has 0 aliphatic heterocycles. The quantitative estimate of drug-likeness (QED) is 0.816. The largest absolute Gasteiger partial charge is 0.496 e. The van der Waals surface area contributed by atoms with Crippen LogP contribution < -0.4 is 4.74 Å². The standard InChI is InChI=1S/C12H20N2O3S/c1-10(14(4)18(15,16)13(2)3)11-8-6-7-9-12(11)17-5/h6-10H,1-5H3/t10-/m0/s1. The lowest BCUT2D eigenvalue weighted by Gasteiger charge is -2.28. The van der Waals surface area contributed by atoms with Crippen molar-refractivity contribution in [2.75, 3.05) is 28.3 Å². The van der Waals surface area contributed by atoms with E-state index in [0.29, 0.717) is 5.75 Å². The highest BCUT2D eigenvalue weighted by Gasteiger charge is 2.27. The van der Waals surface area contributed by atoms with Crippen LogP contribution in [-0.2, 0) is 10.2 Å². The van der Waals surface area contributed by atoms with Gasteiger partial charge in [-0.3, -0.25) is 0 Å². The van der Waals surface area contributed by atoms with Gasteiger partial charge in [-0.05, 0) is 13.0 Å². The molecule has 5 nitrogen and oxygen atoms in total. The van der Waals surface area contributed by atoms with Gasteiger partial charge in [-0.1, -0.05) is 18.2 Å². The number of hydrogen-bond donors (Lipinski definition) is 0. The van der Waals surface area contributed by atoms with E-state index in [-0.39, 0.29) is 6.04 Å². The summed E-state index contributed by atoms with van der Waals surface area (Å²) in [5, 5.41) is 0. The second-order valence-electron chi connectivity index (χ2n) is 4.22. The first-order chi connectivity index (χ1) is 8.32. The first-order valence-electron chi connectivity index (χ1n) is 5.60. The van der Waals surface area contributed by atoms with Gasteiger partial charge in [0.15, 0.2) is 0 Å². The summed E-state index contributed by atoms with van der Waals surface area (Å²) in [7, 11) is 2.73. The molecule has 1 aromatic carbocycles. The van der Waals surface area contributed by atoms with Gasteiger partial charge < -0.3 is 4.74 Å². The maximum Gasteiger partial charge on any atom is 0.281 e. The fourth-order valence-electron chi connectivity index (χ4n) is 1.66. The van der Waals surface area contributed by atoms with Gasteiger partial charge >= 0.3 is 0 Å². The van der Waals surface area contributed by atoms with E-state index >= 15 is 0 Å². The van der Waals surface area contributed by atoms with E-state index in [4.69, 9.17) is 4.74 Å². The number of para-hydroxylation sites is 1. The second-order valence-corrected chi connectivity index (χ2v) is 6.43. The average Bonchev–Trinajstić information content (AvgIpc) is 2.36. The van der Waals surface area contributed by atoms with Crippen LogP contribution in [0.2, 0.25) is 0 Å².